The number of nitrogens with zero attached hydrogens (tertiary/aromatic N) is 2. The predicted molar refractivity (Wildman–Crippen MR) is 134 cm³/mol. The Morgan fingerprint density at radius 2 is 1.94 bits per heavy atom. The molecule has 0 spiro atoms. The number of allylic oxidation sites excluding steroid dienone is 1. The minimum Gasteiger partial charge on any atom is -0.393 e. The molecule has 2 saturated carbocycles. The SMILES string of the molecule is CC(=O)NC[C@H](C)CCc1nnc2c(c1C)[C@]1(C)CC[C@@H]3[C@@H](CC=C4C[C@@H](O)CC[C@@]43C)[C@@H]1C2. The zero-order valence-corrected chi connectivity index (χ0v) is 21.8. The van der Waals surface area contributed by atoms with Gasteiger partial charge in [0, 0.05) is 13.5 Å². The van der Waals surface area contributed by atoms with Gasteiger partial charge in [-0.25, -0.2) is 0 Å². The third-order valence-electron chi connectivity index (χ3n) is 10.4. The quantitative estimate of drug-likeness (QED) is 0.611. The van der Waals surface area contributed by atoms with Crippen LogP contribution in [-0.2, 0) is 23.1 Å². The van der Waals surface area contributed by atoms with Crippen molar-refractivity contribution >= 4 is 5.91 Å². The van der Waals surface area contributed by atoms with Gasteiger partial charge in [0.25, 0.3) is 0 Å². The summed E-state index contributed by atoms with van der Waals surface area (Å²) in [6.07, 6.45) is 12.0. The van der Waals surface area contributed by atoms with E-state index in [-0.39, 0.29) is 22.8 Å². The van der Waals surface area contributed by atoms with E-state index in [0.717, 1.165) is 63.1 Å². The van der Waals surface area contributed by atoms with E-state index in [1.807, 2.05) is 0 Å². The molecule has 186 valence electrons. The normalized spacial score (nSPS) is 37.1. The molecule has 2 N–H and O–H groups in total. The van der Waals surface area contributed by atoms with E-state index in [1.165, 1.54) is 29.7 Å². The largest absolute Gasteiger partial charge is 0.393 e. The van der Waals surface area contributed by atoms with Gasteiger partial charge in [0.05, 0.1) is 17.5 Å². The Balaban J connectivity index is 1.37. The molecule has 0 aromatic carbocycles. The highest BCUT2D eigenvalue weighted by molar-refractivity contribution is 5.72. The number of aromatic nitrogens is 2. The highest BCUT2D eigenvalue weighted by Crippen LogP contribution is 2.64. The molecule has 5 rings (SSSR count). The van der Waals surface area contributed by atoms with Crippen LogP contribution in [0.4, 0.5) is 0 Å². The van der Waals surface area contributed by atoms with Gasteiger partial charge >= 0.3 is 0 Å². The summed E-state index contributed by atoms with van der Waals surface area (Å²) in [5, 5.41) is 22.8. The lowest BCUT2D eigenvalue weighted by Gasteiger charge is -2.57. The Hall–Kier alpha value is -1.75. The van der Waals surface area contributed by atoms with Crippen LogP contribution in [0.2, 0.25) is 0 Å². The van der Waals surface area contributed by atoms with Crippen molar-refractivity contribution in [2.75, 3.05) is 6.54 Å². The molecule has 1 aromatic heterocycles. The number of hydrogen-bond acceptors (Lipinski definition) is 4. The molecule has 1 aromatic rings. The first-order valence-electron chi connectivity index (χ1n) is 13.6. The Bertz CT molecular complexity index is 1000. The standard InChI is InChI=1S/C29H43N3O2/c1-17(16-30-19(3)33)6-9-25-18(2)27-26(32-31-25)15-24-22-8-7-20-14-21(34)10-12-28(20,4)23(22)11-13-29(24,27)5/h7,17,21-24,34H,6,8-16H2,1-5H3,(H,30,33)/t17-,21+,22-,23-,24+,28+,29-/m1/s1. The average molecular weight is 466 g/mol. The van der Waals surface area contributed by atoms with Crippen LogP contribution in [0.1, 0.15) is 95.2 Å². The fourth-order valence-corrected chi connectivity index (χ4v) is 8.41. The lowest BCUT2D eigenvalue weighted by atomic mass is 9.47. The van der Waals surface area contributed by atoms with Gasteiger partial charge in [-0.2, -0.15) is 10.2 Å². The lowest BCUT2D eigenvalue weighted by Crippen LogP contribution is -2.51. The highest BCUT2D eigenvalue weighted by Gasteiger charge is 2.58. The van der Waals surface area contributed by atoms with Gasteiger partial charge in [0.2, 0.25) is 5.91 Å². The number of aliphatic hydroxyl groups is 1. The van der Waals surface area contributed by atoms with Crippen LogP contribution in [0.15, 0.2) is 11.6 Å². The smallest absolute Gasteiger partial charge is 0.216 e. The van der Waals surface area contributed by atoms with E-state index in [0.29, 0.717) is 17.8 Å². The summed E-state index contributed by atoms with van der Waals surface area (Å²) in [7, 11) is 0. The molecule has 4 aliphatic rings. The molecule has 4 aliphatic carbocycles. The van der Waals surface area contributed by atoms with Crippen LogP contribution in [0.3, 0.4) is 0 Å². The maximum absolute atomic E-state index is 11.2. The topological polar surface area (TPSA) is 75.1 Å². The number of hydrogen-bond donors (Lipinski definition) is 2. The van der Waals surface area contributed by atoms with Gasteiger partial charge in [0.15, 0.2) is 0 Å². The van der Waals surface area contributed by atoms with E-state index < -0.39 is 0 Å². The van der Waals surface area contributed by atoms with Crippen molar-refractivity contribution in [3.8, 4) is 0 Å². The van der Waals surface area contributed by atoms with E-state index in [9.17, 15) is 9.90 Å². The van der Waals surface area contributed by atoms with Crippen molar-refractivity contribution in [2.24, 2.45) is 29.1 Å². The Kier molecular flexibility index (Phi) is 6.15. The second kappa shape index (κ2) is 8.72. The molecule has 1 heterocycles. The van der Waals surface area contributed by atoms with Crippen LogP contribution in [0.25, 0.3) is 0 Å². The van der Waals surface area contributed by atoms with Crippen LogP contribution in [0.5, 0.6) is 0 Å². The Morgan fingerprint density at radius 1 is 1.18 bits per heavy atom. The molecule has 2 fully saturated rings. The van der Waals surface area contributed by atoms with Crippen molar-refractivity contribution in [3.05, 3.63) is 34.2 Å². The molecule has 5 heteroatoms. The van der Waals surface area contributed by atoms with Crippen LogP contribution in [0, 0.1) is 36.0 Å². The summed E-state index contributed by atoms with van der Waals surface area (Å²) in [6, 6.07) is 0. The fourth-order valence-electron chi connectivity index (χ4n) is 8.41. The van der Waals surface area contributed by atoms with E-state index >= 15 is 0 Å². The van der Waals surface area contributed by atoms with Gasteiger partial charge < -0.3 is 10.4 Å². The number of aryl methyl sites for hydroxylation is 1. The van der Waals surface area contributed by atoms with Crippen molar-refractivity contribution in [1.29, 1.82) is 0 Å². The summed E-state index contributed by atoms with van der Waals surface area (Å²) in [5.41, 5.74) is 7.29. The number of aliphatic hydroxyl groups excluding tert-OH is 1. The summed E-state index contributed by atoms with van der Waals surface area (Å²) >= 11 is 0. The van der Waals surface area contributed by atoms with E-state index in [4.69, 9.17) is 10.2 Å². The number of amides is 1. The number of rotatable bonds is 5. The molecule has 0 saturated heterocycles. The van der Waals surface area contributed by atoms with Gasteiger partial charge in [-0.3, -0.25) is 4.79 Å². The molecule has 7 atom stereocenters. The maximum Gasteiger partial charge on any atom is 0.216 e. The zero-order chi connectivity index (χ0) is 24.3. The second-order valence-electron chi connectivity index (χ2n) is 12.5. The number of carbonyl (C=O) groups is 1. The minimum atomic E-state index is -0.141. The number of fused-ring (bicyclic) bond motifs is 7. The monoisotopic (exact) mass is 465 g/mol. The Labute approximate surface area is 205 Å². The highest BCUT2D eigenvalue weighted by atomic mass is 16.3. The van der Waals surface area contributed by atoms with Crippen LogP contribution in [-0.4, -0.2) is 33.9 Å². The van der Waals surface area contributed by atoms with Crippen molar-refractivity contribution in [1.82, 2.24) is 15.5 Å². The fraction of sp³-hybridized carbons (Fsp3) is 0.759. The molecule has 34 heavy (non-hydrogen) atoms. The molecule has 0 unspecified atom stereocenters. The first-order chi connectivity index (χ1) is 16.1. The maximum atomic E-state index is 11.2. The van der Waals surface area contributed by atoms with E-state index in [2.05, 4.69) is 39.1 Å². The van der Waals surface area contributed by atoms with Gasteiger partial charge in [0.1, 0.15) is 0 Å². The molecule has 1 amide bonds. The summed E-state index contributed by atoms with van der Waals surface area (Å²) in [5.74, 6) is 2.55. The Morgan fingerprint density at radius 3 is 2.71 bits per heavy atom. The minimum absolute atomic E-state index is 0.0397. The zero-order valence-electron chi connectivity index (χ0n) is 21.8. The van der Waals surface area contributed by atoms with Gasteiger partial charge in [-0.05, 0) is 110 Å². The molecule has 0 radical (unpaired) electrons. The summed E-state index contributed by atoms with van der Waals surface area (Å²) in [4.78, 5) is 11.2. The molecule has 5 nitrogen and oxygen atoms in total. The summed E-state index contributed by atoms with van der Waals surface area (Å²) in [6.45, 7) is 11.8. The van der Waals surface area contributed by atoms with Crippen molar-refractivity contribution in [2.45, 2.75) is 104 Å². The van der Waals surface area contributed by atoms with Crippen molar-refractivity contribution < 1.29 is 9.90 Å². The molecular formula is C29H43N3O2. The van der Waals surface area contributed by atoms with Gasteiger partial charge in [-0.15, -0.1) is 0 Å². The van der Waals surface area contributed by atoms with Crippen molar-refractivity contribution in [3.63, 3.8) is 0 Å². The van der Waals surface area contributed by atoms with E-state index in [1.54, 1.807) is 12.5 Å². The predicted octanol–water partition coefficient (Wildman–Crippen LogP) is 4.83. The molecule has 0 bridgehead atoms. The van der Waals surface area contributed by atoms with Gasteiger partial charge in [-0.1, -0.05) is 32.4 Å². The first kappa shape index (κ1) is 24.0. The van der Waals surface area contributed by atoms with Crippen LogP contribution >= 0.6 is 0 Å². The average Bonchev–Trinajstić information content (AvgIpc) is 3.11. The number of nitrogens with one attached hydrogen (secondary N) is 1. The molecule has 0 aliphatic heterocycles. The third-order valence-corrected chi connectivity index (χ3v) is 10.4. The third kappa shape index (κ3) is 3.83. The number of carbonyl (C=O) groups excluding carboxylic acids is 1. The second-order valence-corrected chi connectivity index (χ2v) is 12.5. The summed E-state index contributed by atoms with van der Waals surface area (Å²) < 4.78 is 0. The first-order valence-corrected chi connectivity index (χ1v) is 13.6. The lowest BCUT2D eigenvalue weighted by molar-refractivity contribution is -0.119. The molecular weight excluding hydrogens is 422 g/mol. The van der Waals surface area contributed by atoms with Crippen LogP contribution < -0.4 is 5.32 Å².